The minimum Gasteiger partial charge on any atom is -0.460 e. The summed E-state index contributed by atoms with van der Waals surface area (Å²) in [7, 11) is 0. The molecule has 0 aromatic carbocycles. The van der Waals surface area contributed by atoms with Crippen LogP contribution < -0.4 is 17.1 Å². The van der Waals surface area contributed by atoms with Gasteiger partial charge in [0.05, 0.1) is 36.3 Å². The maximum atomic E-state index is 13.1. The lowest BCUT2D eigenvalue weighted by molar-refractivity contribution is 0.0486. The van der Waals surface area contributed by atoms with Gasteiger partial charge in [0, 0.05) is 37.2 Å². The number of nitrogens with zero attached hydrogens (tertiary/aromatic N) is 6. The summed E-state index contributed by atoms with van der Waals surface area (Å²) in [4.78, 5) is 87.6. The number of pyridine rings is 3. The monoisotopic (exact) mass is 576 g/mol. The van der Waals surface area contributed by atoms with Crippen LogP contribution >= 0.6 is 0 Å². The van der Waals surface area contributed by atoms with Gasteiger partial charge in [-0.25, -0.2) is 42.5 Å². The molecule has 0 spiro atoms. The van der Waals surface area contributed by atoms with Crippen LogP contribution in [0.15, 0.2) is 88.0 Å². The molecule has 0 bridgehead atoms. The topological polar surface area (TPSA) is 184 Å². The first-order valence-corrected chi connectivity index (χ1v) is 12.5. The number of rotatable bonds is 12. The standard InChI is InChI=1S/C27H24N6O9/c34-22(19-4-1-7-28-16-19)40-13-10-31-25(37)32(11-14-41-23(35)20-5-2-8-29-17-20)27(39)33(26(31)38)12-15-42-24(36)21-6-3-9-30-18-21/h1-9,16-18H,10-15H2. The molecule has 0 aliphatic carbocycles. The van der Waals surface area contributed by atoms with Crippen molar-refractivity contribution in [1.29, 1.82) is 0 Å². The molecule has 0 amide bonds. The minimum absolute atomic E-state index is 0.165. The quantitative estimate of drug-likeness (QED) is 0.162. The van der Waals surface area contributed by atoms with E-state index in [2.05, 4.69) is 15.0 Å². The van der Waals surface area contributed by atoms with Gasteiger partial charge >= 0.3 is 35.0 Å². The Morgan fingerprint density at radius 3 is 1.05 bits per heavy atom. The third kappa shape index (κ3) is 7.26. The van der Waals surface area contributed by atoms with E-state index >= 15 is 0 Å². The van der Waals surface area contributed by atoms with Crippen molar-refractivity contribution in [2.24, 2.45) is 0 Å². The molecular weight excluding hydrogens is 552 g/mol. The zero-order valence-corrected chi connectivity index (χ0v) is 22.0. The normalized spacial score (nSPS) is 10.6. The molecular formula is C27H24N6O9. The molecule has 216 valence electrons. The first kappa shape index (κ1) is 29.3. The van der Waals surface area contributed by atoms with Crippen LogP contribution in [0.1, 0.15) is 31.1 Å². The highest BCUT2D eigenvalue weighted by Crippen LogP contribution is 2.01. The van der Waals surface area contributed by atoms with E-state index in [1.165, 1.54) is 73.6 Å². The van der Waals surface area contributed by atoms with Gasteiger partial charge in [0.2, 0.25) is 0 Å². The molecule has 42 heavy (non-hydrogen) atoms. The van der Waals surface area contributed by atoms with Gasteiger partial charge in [0.1, 0.15) is 19.8 Å². The summed E-state index contributed by atoms with van der Waals surface area (Å²) < 4.78 is 17.5. The van der Waals surface area contributed by atoms with E-state index in [1.54, 1.807) is 0 Å². The van der Waals surface area contributed by atoms with E-state index in [0.717, 1.165) is 0 Å². The van der Waals surface area contributed by atoms with Crippen LogP contribution in [-0.4, -0.2) is 66.4 Å². The van der Waals surface area contributed by atoms with E-state index in [-0.39, 0.29) is 36.5 Å². The Labute approximate surface area is 236 Å². The van der Waals surface area contributed by atoms with Gasteiger partial charge in [-0.2, -0.15) is 0 Å². The number of hydrogen-bond acceptors (Lipinski definition) is 12. The lowest BCUT2D eigenvalue weighted by Gasteiger charge is -2.14. The zero-order chi connectivity index (χ0) is 29.9. The fourth-order valence-electron chi connectivity index (χ4n) is 3.65. The Balaban J connectivity index is 1.52. The Bertz CT molecular complexity index is 1480. The first-order chi connectivity index (χ1) is 20.4. The third-order valence-corrected chi connectivity index (χ3v) is 5.72. The van der Waals surface area contributed by atoms with Crippen LogP contribution in [0.4, 0.5) is 0 Å². The summed E-state index contributed by atoms with van der Waals surface area (Å²) in [5, 5.41) is 0. The number of hydrogen-bond donors (Lipinski definition) is 0. The largest absolute Gasteiger partial charge is 0.460 e. The fourth-order valence-corrected chi connectivity index (χ4v) is 3.65. The molecule has 15 nitrogen and oxygen atoms in total. The molecule has 0 saturated heterocycles. The van der Waals surface area contributed by atoms with Crippen molar-refractivity contribution in [3.8, 4) is 0 Å². The number of carbonyl (C=O) groups excluding carboxylic acids is 3. The molecule has 0 saturated carbocycles. The van der Waals surface area contributed by atoms with Gasteiger partial charge < -0.3 is 14.2 Å². The van der Waals surface area contributed by atoms with E-state index in [1.807, 2.05) is 0 Å². The predicted octanol–water partition coefficient (Wildman–Crippen LogP) is -0.0723. The molecule has 0 radical (unpaired) electrons. The van der Waals surface area contributed by atoms with Crippen molar-refractivity contribution in [2.75, 3.05) is 19.8 Å². The molecule has 0 aliphatic rings. The van der Waals surface area contributed by atoms with E-state index in [4.69, 9.17) is 14.2 Å². The molecule has 0 fully saturated rings. The molecule has 0 unspecified atom stereocenters. The highest BCUT2D eigenvalue weighted by Gasteiger charge is 2.18. The van der Waals surface area contributed by atoms with Crippen LogP contribution in [0.25, 0.3) is 0 Å². The van der Waals surface area contributed by atoms with Gasteiger partial charge in [-0.1, -0.05) is 0 Å². The van der Waals surface area contributed by atoms with Crippen LogP contribution in [0, 0.1) is 0 Å². The molecule has 4 aromatic heterocycles. The van der Waals surface area contributed by atoms with Gasteiger partial charge in [-0.15, -0.1) is 0 Å². The van der Waals surface area contributed by atoms with Crippen molar-refractivity contribution in [3.05, 3.63) is 122 Å². The summed E-state index contributed by atoms with van der Waals surface area (Å²) in [5.74, 6) is -2.18. The Kier molecular flexibility index (Phi) is 9.80. The van der Waals surface area contributed by atoms with Crippen molar-refractivity contribution >= 4 is 17.9 Å². The number of ether oxygens (including phenoxy) is 3. The third-order valence-electron chi connectivity index (χ3n) is 5.72. The first-order valence-electron chi connectivity index (χ1n) is 12.5. The SMILES string of the molecule is O=C(OCCn1c(=O)n(CCOC(=O)c2cccnc2)c(=O)n(CCOC(=O)c2cccnc2)c1=O)c1cccnc1. The molecule has 4 heterocycles. The molecule has 4 rings (SSSR count). The van der Waals surface area contributed by atoms with Crippen molar-refractivity contribution in [3.63, 3.8) is 0 Å². The summed E-state index contributed by atoms with van der Waals surface area (Å²) in [6, 6.07) is 9.06. The highest BCUT2D eigenvalue weighted by atomic mass is 16.5. The average molecular weight is 577 g/mol. The average Bonchev–Trinajstić information content (AvgIpc) is 3.03. The van der Waals surface area contributed by atoms with E-state index in [0.29, 0.717) is 13.7 Å². The number of aromatic nitrogens is 6. The van der Waals surface area contributed by atoms with Crippen molar-refractivity contribution < 1.29 is 28.6 Å². The maximum Gasteiger partial charge on any atom is 0.339 e. The summed E-state index contributed by atoms with van der Waals surface area (Å²) in [6.07, 6.45) is 8.31. The maximum absolute atomic E-state index is 13.1. The van der Waals surface area contributed by atoms with Gasteiger partial charge in [-0.3, -0.25) is 15.0 Å². The van der Waals surface area contributed by atoms with Crippen LogP contribution in [0.5, 0.6) is 0 Å². The van der Waals surface area contributed by atoms with Crippen molar-refractivity contribution in [2.45, 2.75) is 19.6 Å². The van der Waals surface area contributed by atoms with Crippen molar-refractivity contribution in [1.82, 2.24) is 28.7 Å². The Morgan fingerprint density at radius 2 is 0.810 bits per heavy atom. The summed E-state index contributed by atoms with van der Waals surface area (Å²) in [6.45, 7) is -2.33. The zero-order valence-electron chi connectivity index (χ0n) is 22.0. The van der Waals surface area contributed by atoms with Crippen LogP contribution in [0.3, 0.4) is 0 Å². The second-order valence-corrected chi connectivity index (χ2v) is 8.44. The molecule has 0 atom stereocenters. The lowest BCUT2D eigenvalue weighted by Crippen LogP contribution is -2.55. The van der Waals surface area contributed by atoms with Crippen LogP contribution in [0.2, 0.25) is 0 Å². The minimum atomic E-state index is -1.01. The number of carbonyl (C=O) groups is 3. The van der Waals surface area contributed by atoms with Gasteiger partial charge in [0.15, 0.2) is 0 Å². The fraction of sp³-hybridized carbons (Fsp3) is 0.222. The predicted molar refractivity (Wildman–Crippen MR) is 143 cm³/mol. The van der Waals surface area contributed by atoms with E-state index < -0.39 is 54.6 Å². The van der Waals surface area contributed by atoms with Gasteiger partial charge in [-0.05, 0) is 36.4 Å². The molecule has 15 heteroatoms. The smallest absolute Gasteiger partial charge is 0.339 e. The second kappa shape index (κ2) is 14.1. The molecule has 0 aliphatic heterocycles. The Morgan fingerprint density at radius 1 is 0.524 bits per heavy atom. The Hall–Kier alpha value is -5.73. The highest BCUT2D eigenvalue weighted by molar-refractivity contribution is 5.89. The second-order valence-electron chi connectivity index (χ2n) is 8.44. The molecule has 4 aromatic rings. The summed E-state index contributed by atoms with van der Waals surface area (Å²) >= 11 is 0. The van der Waals surface area contributed by atoms with E-state index in [9.17, 15) is 28.8 Å². The summed E-state index contributed by atoms with van der Waals surface area (Å²) in [5.41, 5.74) is -2.54. The van der Waals surface area contributed by atoms with Gasteiger partial charge in [0.25, 0.3) is 0 Å². The lowest BCUT2D eigenvalue weighted by atomic mass is 10.3. The molecule has 0 N–H and O–H groups in total. The van der Waals surface area contributed by atoms with Crippen LogP contribution in [-0.2, 0) is 33.8 Å². The number of esters is 3.